The summed E-state index contributed by atoms with van der Waals surface area (Å²) in [6, 6.07) is 0. The molecule has 1 saturated heterocycles. The fourth-order valence-corrected chi connectivity index (χ4v) is 3.83. The van der Waals surface area contributed by atoms with Crippen LogP contribution in [0.1, 0.15) is 19.8 Å². The molecular formula is C8H16O3S2. The minimum absolute atomic E-state index is 0.0810. The molecule has 1 unspecified atom stereocenters. The van der Waals surface area contributed by atoms with Gasteiger partial charge in [0.05, 0.1) is 5.75 Å². The molecule has 1 fully saturated rings. The molecule has 1 rings (SSSR count). The third-order valence-electron chi connectivity index (χ3n) is 2.54. The highest BCUT2D eigenvalue weighted by atomic mass is 32.2. The summed E-state index contributed by atoms with van der Waals surface area (Å²) >= 11 is 1.92. The van der Waals surface area contributed by atoms with E-state index in [4.69, 9.17) is 4.55 Å². The van der Waals surface area contributed by atoms with Crippen molar-refractivity contribution in [2.24, 2.45) is 11.8 Å². The third kappa shape index (κ3) is 4.33. The van der Waals surface area contributed by atoms with Gasteiger partial charge in [-0.1, -0.05) is 6.92 Å². The molecule has 0 bridgehead atoms. The lowest BCUT2D eigenvalue weighted by atomic mass is 9.90. The van der Waals surface area contributed by atoms with E-state index in [0.717, 1.165) is 24.3 Å². The fraction of sp³-hybridized carbons (Fsp3) is 1.00. The van der Waals surface area contributed by atoms with E-state index in [2.05, 4.69) is 0 Å². The SMILES string of the molecule is CC(CS(=O)(=O)O)C1CCSCC1. The molecule has 5 heteroatoms. The zero-order valence-electron chi connectivity index (χ0n) is 7.77. The largest absolute Gasteiger partial charge is 0.286 e. The monoisotopic (exact) mass is 224 g/mol. The van der Waals surface area contributed by atoms with Gasteiger partial charge in [0, 0.05) is 0 Å². The van der Waals surface area contributed by atoms with Gasteiger partial charge >= 0.3 is 0 Å². The highest BCUT2D eigenvalue weighted by Crippen LogP contribution is 2.29. The van der Waals surface area contributed by atoms with Gasteiger partial charge in [0.1, 0.15) is 0 Å². The van der Waals surface area contributed by atoms with Crippen LogP contribution in [-0.4, -0.2) is 30.2 Å². The Hall–Kier alpha value is 0.260. The topological polar surface area (TPSA) is 54.4 Å². The van der Waals surface area contributed by atoms with Crippen LogP contribution in [0.3, 0.4) is 0 Å². The Morgan fingerprint density at radius 1 is 1.46 bits per heavy atom. The Balaban J connectivity index is 2.42. The summed E-state index contributed by atoms with van der Waals surface area (Å²) in [7, 11) is -3.78. The van der Waals surface area contributed by atoms with Crippen LogP contribution in [0.15, 0.2) is 0 Å². The van der Waals surface area contributed by atoms with Gasteiger partial charge < -0.3 is 0 Å². The highest BCUT2D eigenvalue weighted by Gasteiger charge is 2.23. The molecule has 0 amide bonds. The third-order valence-corrected chi connectivity index (χ3v) is 4.54. The van der Waals surface area contributed by atoms with E-state index < -0.39 is 10.1 Å². The maximum absolute atomic E-state index is 10.6. The van der Waals surface area contributed by atoms with Crippen LogP contribution in [0.5, 0.6) is 0 Å². The smallest absolute Gasteiger partial charge is 0.265 e. The molecule has 0 spiro atoms. The first-order valence-electron chi connectivity index (χ1n) is 4.52. The summed E-state index contributed by atoms with van der Waals surface area (Å²) in [6.07, 6.45) is 2.17. The fourth-order valence-electron chi connectivity index (χ4n) is 1.75. The first kappa shape index (κ1) is 11.3. The van der Waals surface area contributed by atoms with E-state index in [1.165, 1.54) is 0 Å². The minimum atomic E-state index is -3.78. The van der Waals surface area contributed by atoms with Crippen LogP contribution in [0.4, 0.5) is 0 Å². The first-order valence-corrected chi connectivity index (χ1v) is 7.28. The predicted octanol–water partition coefficient (Wildman–Crippen LogP) is 1.65. The maximum atomic E-state index is 10.6. The molecule has 1 N–H and O–H groups in total. The van der Waals surface area contributed by atoms with Gasteiger partial charge in [0.15, 0.2) is 0 Å². The number of hydrogen-bond acceptors (Lipinski definition) is 3. The van der Waals surface area contributed by atoms with Crippen LogP contribution in [0.25, 0.3) is 0 Å². The second kappa shape index (κ2) is 4.66. The second-order valence-electron chi connectivity index (χ2n) is 3.68. The van der Waals surface area contributed by atoms with Crippen molar-refractivity contribution >= 4 is 21.9 Å². The van der Waals surface area contributed by atoms with Gasteiger partial charge in [0.25, 0.3) is 10.1 Å². The Labute approximate surface area is 84.0 Å². The van der Waals surface area contributed by atoms with Crippen molar-refractivity contribution < 1.29 is 13.0 Å². The molecule has 1 atom stereocenters. The van der Waals surface area contributed by atoms with Crippen molar-refractivity contribution in [2.75, 3.05) is 17.3 Å². The van der Waals surface area contributed by atoms with Crippen molar-refractivity contribution in [3.05, 3.63) is 0 Å². The van der Waals surface area contributed by atoms with E-state index in [0.29, 0.717) is 5.92 Å². The Morgan fingerprint density at radius 2 is 2.00 bits per heavy atom. The van der Waals surface area contributed by atoms with Crippen LogP contribution in [0, 0.1) is 11.8 Å². The summed E-state index contributed by atoms with van der Waals surface area (Å²) in [5, 5.41) is 0. The van der Waals surface area contributed by atoms with E-state index in [9.17, 15) is 8.42 Å². The Bertz CT molecular complexity index is 242. The summed E-state index contributed by atoms with van der Waals surface area (Å²) in [6.45, 7) is 1.91. The molecule has 0 aromatic heterocycles. The van der Waals surface area contributed by atoms with Crippen LogP contribution < -0.4 is 0 Å². The summed E-state index contributed by atoms with van der Waals surface area (Å²) in [5.41, 5.74) is 0. The predicted molar refractivity (Wildman–Crippen MR) is 55.6 cm³/mol. The average molecular weight is 224 g/mol. The van der Waals surface area contributed by atoms with E-state index >= 15 is 0 Å². The van der Waals surface area contributed by atoms with E-state index in [-0.39, 0.29) is 11.7 Å². The lowest BCUT2D eigenvalue weighted by molar-refractivity contribution is 0.352. The summed E-state index contributed by atoms with van der Waals surface area (Å²) < 4.78 is 30.0. The normalized spacial score (nSPS) is 22.9. The molecule has 1 aliphatic heterocycles. The molecule has 0 aliphatic carbocycles. The van der Waals surface area contributed by atoms with Crippen molar-refractivity contribution in [3.8, 4) is 0 Å². The minimum Gasteiger partial charge on any atom is -0.286 e. The molecule has 0 aromatic rings. The molecule has 0 saturated carbocycles. The number of thioether (sulfide) groups is 1. The van der Waals surface area contributed by atoms with E-state index in [1.807, 2.05) is 18.7 Å². The number of hydrogen-bond donors (Lipinski definition) is 1. The second-order valence-corrected chi connectivity index (χ2v) is 6.40. The van der Waals surface area contributed by atoms with Gasteiger partial charge in [-0.15, -0.1) is 0 Å². The van der Waals surface area contributed by atoms with Gasteiger partial charge in [-0.25, -0.2) is 0 Å². The highest BCUT2D eigenvalue weighted by molar-refractivity contribution is 7.99. The quantitative estimate of drug-likeness (QED) is 0.741. The molecule has 3 nitrogen and oxygen atoms in total. The van der Waals surface area contributed by atoms with Crippen molar-refractivity contribution in [1.82, 2.24) is 0 Å². The Kier molecular flexibility index (Phi) is 4.06. The van der Waals surface area contributed by atoms with Crippen molar-refractivity contribution in [1.29, 1.82) is 0 Å². The maximum Gasteiger partial charge on any atom is 0.265 e. The van der Waals surface area contributed by atoms with Gasteiger partial charge in [0.2, 0.25) is 0 Å². The molecule has 78 valence electrons. The van der Waals surface area contributed by atoms with Crippen molar-refractivity contribution in [3.63, 3.8) is 0 Å². The van der Waals surface area contributed by atoms with Gasteiger partial charge in [-0.2, -0.15) is 20.2 Å². The summed E-state index contributed by atoms with van der Waals surface area (Å²) in [5.74, 6) is 2.74. The summed E-state index contributed by atoms with van der Waals surface area (Å²) in [4.78, 5) is 0. The van der Waals surface area contributed by atoms with Gasteiger partial charge in [-0.3, -0.25) is 4.55 Å². The molecule has 0 aromatic carbocycles. The molecule has 1 heterocycles. The molecule has 0 radical (unpaired) electrons. The lowest BCUT2D eigenvalue weighted by Gasteiger charge is -2.26. The lowest BCUT2D eigenvalue weighted by Crippen LogP contribution is -2.24. The zero-order chi connectivity index (χ0) is 9.90. The van der Waals surface area contributed by atoms with Gasteiger partial charge in [-0.05, 0) is 36.2 Å². The molecule has 13 heavy (non-hydrogen) atoms. The standard InChI is InChI=1S/C8H16O3S2/c1-7(6-13(9,10)11)8-2-4-12-5-3-8/h7-8H,2-6H2,1H3,(H,9,10,11). The molecular weight excluding hydrogens is 208 g/mol. The van der Waals surface area contributed by atoms with E-state index in [1.54, 1.807) is 0 Å². The molecule has 1 aliphatic rings. The number of rotatable bonds is 3. The van der Waals surface area contributed by atoms with Crippen LogP contribution in [0.2, 0.25) is 0 Å². The van der Waals surface area contributed by atoms with Crippen LogP contribution in [-0.2, 0) is 10.1 Å². The van der Waals surface area contributed by atoms with Crippen LogP contribution >= 0.6 is 11.8 Å². The zero-order valence-corrected chi connectivity index (χ0v) is 9.40. The average Bonchev–Trinajstić information content (AvgIpc) is 2.03. The van der Waals surface area contributed by atoms with Crippen molar-refractivity contribution in [2.45, 2.75) is 19.8 Å². The Morgan fingerprint density at radius 3 is 2.46 bits per heavy atom. The first-order chi connectivity index (χ1) is 5.99.